The van der Waals surface area contributed by atoms with Crippen LogP contribution in [0.25, 0.3) is 10.9 Å². The zero-order valence-corrected chi connectivity index (χ0v) is 10.6. The first-order chi connectivity index (χ1) is 8.15. The number of aromatic nitrogens is 1. The van der Waals surface area contributed by atoms with Crippen LogP contribution in [0.2, 0.25) is 0 Å². The molecule has 0 fully saturated rings. The molecule has 3 rings (SSSR count). The number of carbonyl (C=O) groups is 1. The van der Waals surface area contributed by atoms with Crippen molar-refractivity contribution in [2.75, 3.05) is 6.54 Å². The SMILES string of the molecule is O=C(O)N1CCc2c([nH]c3ccc(Br)cc23)C1. The molecule has 1 aromatic carbocycles. The largest absolute Gasteiger partial charge is 0.465 e. The van der Waals surface area contributed by atoms with Crippen LogP contribution in [0.1, 0.15) is 11.3 Å². The molecule has 1 aliphatic heterocycles. The Morgan fingerprint density at radius 1 is 1.47 bits per heavy atom. The van der Waals surface area contributed by atoms with Gasteiger partial charge in [-0.15, -0.1) is 0 Å². The van der Waals surface area contributed by atoms with Gasteiger partial charge in [0.25, 0.3) is 0 Å². The molecule has 0 saturated carbocycles. The molecule has 1 aliphatic rings. The first-order valence-electron chi connectivity index (χ1n) is 5.42. The highest BCUT2D eigenvalue weighted by Gasteiger charge is 2.23. The summed E-state index contributed by atoms with van der Waals surface area (Å²) in [5.74, 6) is 0. The molecule has 0 aliphatic carbocycles. The number of carboxylic acid groups (broad SMARTS) is 1. The molecule has 0 radical (unpaired) electrons. The van der Waals surface area contributed by atoms with Gasteiger partial charge in [0.1, 0.15) is 0 Å². The molecule has 0 unspecified atom stereocenters. The molecule has 2 heterocycles. The van der Waals surface area contributed by atoms with Crippen molar-refractivity contribution in [1.29, 1.82) is 0 Å². The molecule has 0 spiro atoms. The van der Waals surface area contributed by atoms with Crippen molar-refractivity contribution in [2.24, 2.45) is 0 Å². The number of fused-ring (bicyclic) bond motifs is 3. The minimum absolute atomic E-state index is 0.455. The first kappa shape index (κ1) is 10.7. The molecule has 2 aromatic rings. The van der Waals surface area contributed by atoms with Gasteiger partial charge < -0.3 is 15.0 Å². The fraction of sp³-hybridized carbons (Fsp3) is 0.250. The van der Waals surface area contributed by atoms with Gasteiger partial charge in [0, 0.05) is 27.6 Å². The van der Waals surface area contributed by atoms with Crippen LogP contribution in [0.3, 0.4) is 0 Å². The van der Waals surface area contributed by atoms with E-state index in [0.717, 1.165) is 22.1 Å². The predicted octanol–water partition coefficient (Wildman–Crippen LogP) is 2.97. The average molecular weight is 295 g/mol. The van der Waals surface area contributed by atoms with Gasteiger partial charge in [0.2, 0.25) is 0 Å². The highest BCUT2D eigenvalue weighted by Crippen LogP contribution is 2.29. The summed E-state index contributed by atoms with van der Waals surface area (Å²) in [7, 11) is 0. The van der Waals surface area contributed by atoms with E-state index in [1.54, 1.807) is 0 Å². The third-order valence-corrected chi connectivity index (χ3v) is 3.70. The molecule has 0 bridgehead atoms. The van der Waals surface area contributed by atoms with Crippen molar-refractivity contribution < 1.29 is 9.90 Å². The normalized spacial score (nSPS) is 15.0. The first-order valence-corrected chi connectivity index (χ1v) is 6.21. The second-order valence-electron chi connectivity index (χ2n) is 4.23. The van der Waals surface area contributed by atoms with Crippen LogP contribution in [0.5, 0.6) is 0 Å². The third-order valence-electron chi connectivity index (χ3n) is 3.21. The van der Waals surface area contributed by atoms with Crippen LogP contribution in [0, 0.1) is 0 Å². The van der Waals surface area contributed by atoms with Gasteiger partial charge in [-0.05, 0) is 30.2 Å². The lowest BCUT2D eigenvalue weighted by molar-refractivity contribution is 0.139. The fourth-order valence-corrected chi connectivity index (χ4v) is 2.74. The van der Waals surface area contributed by atoms with E-state index in [0.29, 0.717) is 13.1 Å². The molecule has 1 amide bonds. The molecule has 0 saturated heterocycles. The monoisotopic (exact) mass is 294 g/mol. The van der Waals surface area contributed by atoms with Crippen molar-refractivity contribution in [3.63, 3.8) is 0 Å². The maximum Gasteiger partial charge on any atom is 0.407 e. The second-order valence-corrected chi connectivity index (χ2v) is 5.14. The number of hydrogen-bond donors (Lipinski definition) is 2. The zero-order valence-electron chi connectivity index (χ0n) is 9.03. The van der Waals surface area contributed by atoms with Crippen LogP contribution in [-0.4, -0.2) is 27.6 Å². The number of nitrogens with one attached hydrogen (secondary N) is 1. The quantitative estimate of drug-likeness (QED) is 0.785. The van der Waals surface area contributed by atoms with Crippen LogP contribution in [0.15, 0.2) is 22.7 Å². The highest BCUT2D eigenvalue weighted by atomic mass is 79.9. The van der Waals surface area contributed by atoms with Gasteiger partial charge in [0.05, 0.1) is 6.54 Å². The maximum absolute atomic E-state index is 10.9. The van der Waals surface area contributed by atoms with Crippen LogP contribution in [0.4, 0.5) is 4.79 Å². The van der Waals surface area contributed by atoms with Crippen molar-refractivity contribution in [1.82, 2.24) is 9.88 Å². The summed E-state index contributed by atoms with van der Waals surface area (Å²) >= 11 is 3.46. The van der Waals surface area contributed by atoms with Crippen molar-refractivity contribution in [3.05, 3.63) is 33.9 Å². The summed E-state index contributed by atoms with van der Waals surface area (Å²) < 4.78 is 1.05. The summed E-state index contributed by atoms with van der Waals surface area (Å²) in [5.41, 5.74) is 3.34. The Kier molecular flexibility index (Phi) is 2.36. The topological polar surface area (TPSA) is 56.3 Å². The Morgan fingerprint density at radius 2 is 2.29 bits per heavy atom. The average Bonchev–Trinajstić information content (AvgIpc) is 2.66. The molecule has 4 nitrogen and oxygen atoms in total. The number of benzene rings is 1. The van der Waals surface area contributed by atoms with E-state index in [-0.39, 0.29) is 0 Å². The van der Waals surface area contributed by atoms with Gasteiger partial charge in [-0.3, -0.25) is 0 Å². The Hall–Kier alpha value is -1.49. The van der Waals surface area contributed by atoms with Crippen LogP contribution < -0.4 is 0 Å². The molecule has 17 heavy (non-hydrogen) atoms. The summed E-state index contributed by atoms with van der Waals surface area (Å²) in [6.45, 7) is 1.03. The number of nitrogens with zero attached hydrogens (tertiary/aromatic N) is 1. The number of aromatic amines is 1. The van der Waals surface area contributed by atoms with Crippen LogP contribution in [-0.2, 0) is 13.0 Å². The second kappa shape index (κ2) is 3.77. The minimum atomic E-state index is -0.851. The Bertz CT molecular complexity index is 606. The number of hydrogen-bond acceptors (Lipinski definition) is 1. The molecular weight excluding hydrogens is 284 g/mol. The Balaban J connectivity index is 2.10. The summed E-state index contributed by atoms with van der Waals surface area (Å²) in [5, 5.41) is 10.2. The van der Waals surface area contributed by atoms with Crippen molar-refractivity contribution >= 4 is 32.9 Å². The van der Waals surface area contributed by atoms with E-state index in [1.807, 2.05) is 12.1 Å². The van der Waals surface area contributed by atoms with Crippen LogP contribution >= 0.6 is 15.9 Å². The maximum atomic E-state index is 10.9. The van der Waals surface area contributed by atoms with Gasteiger partial charge in [-0.25, -0.2) is 4.79 Å². The van der Waals surface area contributed by atoms with Gasteiger partial charge in [-0.2, -0.15) is 0 Å². The number of amides is 1. The minimum Gasteiger partial charge on any atom is -0.465 e. The smallest absolute Gasteiger partial charge is 0.407 e. The van der Waals surface area contributed by atoms with Gasteiger partial charge in [-0.1, -0.05) is 15.9 Å². The number of H-pyrrole nitrogens is 1. The van der Waals surface area contributed by atoms with E-state index in [2.05, 4.69) is 27.0 Å². The molecule has 0 atom stereocenters. The van der Waals surface area contributed by atoms with Gasteiger partial charge >= 0.3 is 6.09 Å². The van der Waals surface area contributed by atoms with Crippen molar-refractivity contribution in [3.8, 4) is 0 Å². The van der Waals surface area contributed by atoms with Crippen molar-refractivity contribution in [2.45, 2.75) is 13.0 Å². The standard InChI is InChI=1S/C12H11BrN2O2/c13-7-1-2-10-9(5-7)8-3-4-15(12(16)17)6-11(8)14-10/h1-2,5,14H,3-4,6H2,(H,16,17). The van der Waals surface area contributed by atoms with E-state index in [1.165, 1.54) is 15.8 Å². The van der Waals surface area contributed by atoms with Gasteiger partial charge in [0.15, 0.2) is 0 Å². The fourth-order valence-electron chi connectivity index (χ4n) is 2.38. The molecule has 5 heteroatoms. The summed E-state index contributed by atoms with van der Waals surface area (Å²) in [4.78, 5) is 15.7. The Labute approximate surface area is 106 Å². The molecule has 88 valence electrons. The van der Waals surface area contributed by atoms with E-state index in [4.69, 9.17) is 5.11 Å². The molecule has 1 aromatic heterocycles. The lowest BCUT2D eigenvalue weighted by Crippen LogP contribution is -2.34. The predicted molar refractivity (Wildman–Crippen MR) is 68.1 cm³/mol. The summed E-state index contributed by atoms with van der Waals surface area (Å²) in [6.07, 6.45) is -0.0755. The molecule has 2 N–H and O–H groups in total. The number of halogens is 1. The lowest BCUT2D eigenvalue weighted by Gasteiger charge is -2.24. The summed E-state index contributed by atoms with van der Waals surface area (Å²) in [6, 6.07) is 6.09. The van der Waals surface area contributed by atoms with E-state index in [9.17, 15) is 4.79 Å². The van der Waals surface area contributed by atoms with E-state index < -0.39 is 6.09 Å². The highest BCUT2D eigenvalue weighted by molar-refractivity contribution is 9.10. The van der Waals surface area contributed by atoms with E-state index >= 15 is 0 Å². The zero-order chi connectivity index (χ0) is 12.0. The molecular formula is C12H11BrN2O2. The third kappa shape index (κ3) is 1.70. The number of rotatable bonds is 0. The Morgan fingerprint density at radius 3 is 3.06 bits per heavy atom. The lowest BCUT2D eigenvalue weighted by atomic mass is 10.0.